The molecule has 1 saturated carbocycles. The highest BCUT2D eigenvalue weighted by atomic mass is 32.1. The lowest BCUT2D eigenvalue weighted by Crippen LogP contribution is -2.19. The number of nitrogens with two attached hydrogens (primary N) is 1. The van der Waals surface area contributed by atoms with Crippen LogP contribution in [0.1, 0.15) is 28.9 Å². The van der Waals surface area contributed by atoms with Crippen LogP contribution in [0.5, 0.6) is 0 Å². The first-order chi connectivity index (χ1) is 14.1. The maximum Gasteiger partial charge on any atom is 0.268 e. The lowest BCUT2D eigenvalue weighted by molar-refractivity contribution is 0.0997. The second-order valence-electron chi connectivity index (χ2n) is 7.21. The summed E-state index contributed by atoms with van der Waals surface area (Å²) in [7, 11) is 0. The van der Waals surface area contributed by atoms with Crippen molar-refractivity contribution in [1.82, 2.24) is 19.7 Å². The number of amides is 1. The highest BCUT2D eigenvalue weighted by Crippen LogP contribution is 2.43. The zero-order valence-electron chi connectivity index (χ0n) is 15.9. The van der Waals surface area contributed by atoms with E-state index in [4.69, 9.17) is 5.73 Å². The molecule has 3 heterocycles. The van der Waals surface area contributed by atoms with Crippen LogP contribution < -0.4 is 10.6 Å². The maximum absolute atomic E-state index is 12.0. The molecule has 7 nitrogen and oxygen atoms in total. The first-order valence-electron chi connectivity index (χ1n) is 9.45. The Kier molecular flexibility index (Phi) is 4.21. The molecule has 8 heteroatoms. The second kappa shape index (κ2) is 6.89. The van der Waals surface area contributed by atoms with Gasteiger partial charge >= 0.3 is 0 Å². The molecular weight excluding hydrogens is 384 g/mol. The van der Waals surface area contributed by atoms with Gasteiger partial charge in [-0.05, 0) is 49.6 Å². The van der Waals surface area contributed by atoms with Gasteiger partial charge in [-0.1, -0.05) is 23.5 Å². The molecule has 4 aromatic rings. The van der Waals surface area contributed by atoms with Gasteiger partial charge in [0.25, 0.3) is 5.91 Å². The summed E-state index contributed by atoms with van der Waals surface area (Å²) in [5.41, 5.74) is 9.90. The summed E-state index contributed by atoms with van der Waals surface area (Å²) >= 11 is 1.47. The van der Waals surface area contributed by atoms with Crippen LogP contribution >= 0.6 is 11.3 Å². The van der Waals surface area contributed by atoms with Gasteiger partial charge in [0.05, 0.1) is 34.3 Å². The van der Waals surface area contributed by atoms with Gasteiger partial charge in [-0.2, -0.15) is 5.10 Å². The number of rotatable bonds is 6. The minimum atomic E-state index is -0.525. The van der Waals surface area contributed by atoms with Crippen molar-refractivity contribution in [3.8, 4) is 16.3 Å². The number of nitrogens with one attached hydrogen (secondary N) is 1. The average molecular weight is 404 g/mol. The van der Waals surface area contributed by atoms with Gasteiger partial charge in [0.15, 0.2) is 10.8 Å². The fourth-order valence-corrected chi connectivity index (χ4v) is 4.54. The Morgan fingerprint density at radius 3 is 2.86 bits per heavy atom. The number of thiazole rings is 1. The van der Waals surface area contributed by atoms with Crippen LogP contribution in [0.15, 0.2) is 55.0 Å². The van der Waals surface area contributed by atoms with Gasteiger partial charge in [-0.25, -0.2) is 9.67 Å². The lowest BCUT2D eigenvalue weighted by Gasteiger charge is -2.19. The molecule has 0 atom stereocenters. The normalized spacial score (nSPS) is 13.6. The molecule has 0 saturated heterocycles. The van der Waals surface area contributed by atoms with Gasteiger partial charge in [0.2, 0.25) is 0 Å². The van der Waals surface area contributed by atoms with Gasteiger partial charge in [0.1, 0.15) is 0 Å². The summed E-state index contributed by atoms with van der Waals surface area (Å²) in [6, 6.07) is 12.4. The van der Waals surface area contributed by atoms with Crippen LogP contribution in [-0.4, -0.2) is 31.7 Å². The number of hydrogen-bond acceptors (Lipinski definition) is 5. The number of benzene rings is 1. The molecule has 0 bridgehead atoms. The van der Waals surface area contributed by atoms with Crippen molar-refractivity contribution < 1.29 is 4.79 Å². The Hall–Kier alpha value is -3.39. The van der Waals surface area contributed by atoms with E-state index < -0.39 is 5.91 Å². The number of nitrogens with zero attached hydrogens (tertiary/aromatic N) is 4. The number of aryl methyl sites for hydroxylation is 1. The van der Waals surface area contributed by atoms with Gasteiger partial charge in [-0.15, -0.1) is 0 Å². The third-order valence-electron chi connectivity index (χ3n) is 4.92. The first-order valence-corrected chi connectivity index (χ1v) is 10.3. The topological polar surface area (TPSA) is 92.8 Å². The van der Waals surface area contributed by atoms with Crippen molar-refractivity contribution in [2.75, 3.05) is 4.90 Å². The van der Waals surface area contributed by atoms with Crippen molar-refractivity contribution in [3.05, 3.63) is 66.2 Å². The fourth-order valence-electron chi connectivity index (χ4n) is 3.39. The maximum atomic E-state index is 12.0. The summed E-state index contributed by atoms with van der Waals surface area (Å²) in [4.78, 5) is 22.7. The Morgan fingerprint density at radius 2 is 2.17 bits per heavy atom. The lowest BCUT2D eigenvalue weighted by atomic mass is 10.2. The summed E-state index contributed by atoms with van der Waals surface area (Å²) in [6.07, 6.45) is 7.84. The molecular formula is C21H20N6OS. The minimum absolute atomic E-state index is 0.296. The fraction of sp³-hybridized carbons (Fsp3) is 0.190. The van der Waals surface area contributed by atoms with E-state index in [0.717, 1.165) is 39.9 Å². The average Bonchev–Trinajstić information content (AvgIpc) is 3.13. The third kappa shape index (κ3) is 3.31. The molecule has 1 fully saturated rings. The van der Waals surface area contributed by atoms with Crippen LogP contribution in [-0.2, 0) is 0 Å². The van der Waals surface area contributed by atoms with Gasteiger partial charge < -0.3 is 15.6 Å². The first kappa shape index (κ1) is 17.7. The number of hydrogen-bond donors (Lipinski definition) is 2. The van der Waals surface area contributed by atoms with E-state index in [2.05, 4.69) is 39.0 Å². The number of H-pyrrole nitrogens is 1. The quantitative estimate of drug-likeness (QED) is 0.507. The zero-order valence-corrected chi connectivity index (χ0v) is 16.7. The predicted octanol–water partition coefficient (Wildman–Crippen LogP) is 4.03. The number of primary amides is 1. The van der Waals surface area contributed by atoms with Crippen LogP contribution in [0, 0.1) is 6.92 Å². The Morgan fingerprint density at radius 1 is 1.31 bits per heavy atom. The van der Waals surface area contributed by atoms with E-state index in [1.165, 1.54) is 16.9 Å². The summed E-state index contributed by atoms with van der Waals surface area (Å²) < 4.78 is 1.87. The van der Waals surface area contributed by atoms with Crippen molar-refractivity contribution in [3.63, 3.8) is 0 Å². The molecule has 1 aromatic carbocycles. The molecule has 0 aliphatic heterocycles. The molecule has 1 aliphatic rings. The monoisotopic (exact) mass is 404 g/mol. The number of aromatic amines is 1. The third-order valence-corrected chi connectivity index (χ3v) is 6.01. The number of aromatic nitrogens is 4. The zero-order chi connectivity index (χ0) is 20.0. The Balaban J connectivity index is 1.55. The van der Waals surface area contributed by atoms with Crippen molar-refractivity contribution in [2.24, 2.45) is 5.73 Å². The van der Waals surface area contributed by atoms with Crippen molar-refractivity contribution >= 4 is 28.1 Å². The van der Waals surface area contributed by atoms with Crippen LogP contribution in [0.25, 0.3) is 16.3 Å². The Labute approximate surface area is 171 Å². The van der Waals surface area contributed by atoms with Crippen LogP contribution in [0.2, 0.25) is 0 Å². The van der Waals surface area contributed by atoms with E-state index in [0.29, 0.717) is 11.7 Å². The van der Waals surface area contributed by atoms with Crippen molar-refractivity contribution in [2.45, 2.75) is 25.8 Å². The Bertz CT molecular complexity index is 1170. The largest absolute Gasteiger partial charge is 0.364 e. The van der Waals surface area contributed by atoms with Crippen molar-refractivity contribution in [1.29, 1.82) is 0 Å². The predicted molar refractivity (Wildman–Crippen MR) is 114 cm³/mol. The van der Waals surface area contributed by atoms with E-state index in [9.17, 15) is 4.79 Å². The van der Waals surface area contributed by atoms with Gasteiger partial charge in [0, 0.05) is 12.2 Å². The molecule has 1 amide bonds. The number of carbonyl (C=O) groups is 1. The summed E-state index contributed by atoms with van der Waals surface area (Å²) in [6.45, 7) is 2.06. The van der Waals surface area contributed by atoms with E-state index in [-0.39, 0.29) is 0 Å². The van der Waals surface area contributed by atoms with E-state index >= 15 is 0 Å². The molecule has 146 valence electrons. The molecule has 3 aromatic heterocycles. The SMILES string of the molecule is Cc1cccc(-n2cc(N(c3nc(C(N)=O)c(-c4ccc[nH]4)s3)C3CC3)cn2)c1. The van der Waals surface area contributed by atoms with Gasteiger partial charge in [-0.3, -0.25) is 4.79 Å². The summed E-state index contributed by atoms with van der Waals surface area (Å²) in [5, 5.41) is 5.31. The molecule has 0 unspecified atom stereocenters. The molecule has 3 N–H and O–H groups in total. The standard InChI is InChI=1S/C21H20N6OS/c1-13-4-2-5-15(10-13)26-12-16(11-24-26)27(14-7-8-14)21-25-18(20(22)28)19(29-21)17-6-3-9-23-17/h2-6,9-12,14,23H,7-8H2,1H3,(H2,22,28). The summed E-state index contributed by atoms with van der Waals surface area (Å²) in [5.74, 6) is -0.525. The minimum Gasteiger partial charge on any atom is -0.364 e. The highest BCUT2D eigenvalue weighted by molar-refractivity contribution is 7.19. The molecule has 0 spiro atoms. The molecule has 29 heavy (non-hydrogen) atoms. The smallest absolute Gasteiger partial charge is 0.268 e. The number of anilines is 2. The number of carbonyl (C=O) groups excluding carboxylic acids is 1. The highest BCUT2D eigenvalue weighted by Gasteiger charge is 2.34. The molecule has 0 radical (unpaired) electrons. The molecule has 5 rings (SSSR count). The van der Waals surface area contributed by atoms with E-state index in [1.54, 1.807) is 0 Å². The molecule has 1 aliphatic carbocycles. The second-order valence-corrected chi connectivity index (χ2v) is 8.18. The van der Waals surface area contributed by atoms with Crippen LogP contribution in [0.3, 0.4) is 0 Å². The van der Waals surface area contributed by atoms with Crippen LogP contribution in [0.4, 0.5) is 10.8 Å². The van der Waals surface area contributed by atoms with E-state index in [1.807, 2.05) is 47.5 Å².